The van der Waals surface area contributed by atoms with Crippen LogP contribution >= 0.6 is 0 Å². The van der Waals surface area contributed by atoms with Gasteiger partial charge < -0.3 is 9.63 Å². The number of aliphatic hydroxyl groups is 1. The predicted molar refractivity (Wildman–Crippen MR) is 68.1 cm³/mol. The van der Waals surface area contributed by atoms with Gasteiger partial charge in [0, 0.05) is 18.5 Å². The molecule has 1 aliphatic heterocycles. The predicted octanol–water partition coefficient (Wildman–Crippen LogP) is 1.93. The minimum atomic E-state index is -0.682. The summed E-state index contributed by atoms with van der Waals surface area (Å²) < 4.78 is 5.03. The first-order chi connectivity index (χ1) is 8.58. The van der Waals surface area contributed by atoms with E-state index in [0.717, 1.165) is 13.0 Å². The molecule has 2 unspecified atom stereocenters. The Morgan fingerprint density at radius 2 is 2.17 bits per heavy atom. The number of piperidine rings is 1. The standard InChI is InChI=1S/C13H23N3O2/c1-9(2)16-7-5-4-6-11(16)8-12-14-13(10(3)17)18-15-12/h9-11,17H,4-8H2,1-3H3. The van der Waals surface area contributed by atoms with Crippen LogP contribution in [0.4, 0.5) is 0 Å². The van der Waals surface area contributed by atoms with Crippen molar-refractivity contribution in [3.8, 4) is 0 Å². The van der Waals surface area contributed by atoms with Crippen LogP contribution in [-0.2, 0) is 6.42 Å². The zero-order valence-corrected chi connectivity index (χ0v) is 11.5. The van der Waals surface area contributed by atoms with Crippen LogP contribution in [0.1, 0.15) is 57.9 Å². The Hall–Kier alpha value is -0.940. The van der Waals surface area contributed by atoms with Crippen molar-refractivity contribution in [1.82, 2.24) is 15.0 Å². The van der Waals surface area contributed by atoms with Crippen LogP contribution in [0.15, 0.2) is 4.52 Å². The number of aliphatic hydroxyl groups excluding tert-OH is 1. The van der Waals surface area contributed by atoms with Crippen LogP contribution in [0.2, 0.25) is 0 Å². The molecule has 1 aliphatic rings. The van der Waals surface area contributed by atoms with Gasteiger partial charge in [-0.25, -0.2) is 0 Å². The van der Waals surface area contributed by atoms with Gasteiger partial charge in [0.15, 0.2) is 5.82 Å². The second-order valence-corrected chi connectivity index (χ2v) is 5.41. The molecule has 1 fully saturated rings. The van der Waals surface area contributed by atoms with Crippen molar-refractivity contribution in [2.45, 2.75) is 64.6 Å². The average molecular weight is 253 g/mol. The van der Waals surface area contributed by atoms with E-state index in [0.29, 0.717) is 23.8 Å². The molecular weight excluding hydrogens is 230 g/mol. The van der Waals surface area contributed by atoms with Gasteiger partial charge in [0.1, 0.15) is 6.10 Å². The van der Waals surface area contributed by atoms with E-state index in [1.54, 1.807) is 6.92 Å². The van der Waals surface area contributed by atoms with Crippen LogP contribution in [0.5, 0.6) is 0 Å². The summed E-state index contributed by atoms with van der Waals surface area (Å²) in [6, 6.07) is 1.05. The molecule has 1 aromatic rings. The normalized spacial score (nSPS) is 23.5. The van der Waals surface area contributed by atoms with Gasteiger partial charge in [-0.1, -0.05) is 11.6 Å². The average Bonchev–Trinajstić information content (AvgIpc) is 2.78. The zero-order valence-electron chi connectivity index (χ0n) is 11.5. The molecule has 1 N–H and O–H groups in total. The molecule has 1 saturated heterocycles. The molecule has 1 aromatic heterocycles. The van der Waals surface area contributed by atoms with Gasteiger partial charge >= 0.3 is 0 Å². The fourth-order valence-corrected chi connectivity index (χ4v) is 2.65. The van der Waals surface area contributed by atoms with E-state index in [9.17, 15) is 5.11 Å². The van der Waals surface area contributed by atoms with Crippen molar-refractivity contribution in [1.29, 1.82) is 0 Å². The smallest absolute Gasteiger partial charge is 0.255 e. The first kappa shape index (κ1) is 13.5. The van der Waals surface area contributed by atoms with Crippen LogP contribution in [0, 0.1) is 0 Å². The van der Waals surface area contributed by atoms with E-state index in [4.69, 9.17) is 4.52 Å². The Morgan fingerprint density at radius 1 is 1.39 bits per heavy atom. The second-order valence-electron chi connectivity index (χ2n) is 5.41. The van der Waals surface area contributed by atoms with Crippen LogP contribution < -0.4 is 0 Å². The number of aromatic nitrogens is 2. The molecule has 102 valence electrons. The Morgan fingerprint density at radius 3 is 2.78 bits per heavy atom. The fourth-order valence-electron chi connectivity index (χ4n) is 2.65. The second kappa shape index (κ2) is 5.80. The summed E-state index contributed by atoms with van der Waals surface area (Å²) in [6.07, 6.45) is 3.87. The third kappa shape index (κ3) is 3.09. The third-order valence-corrected chi connectivity index (χ3v) is 3.60. The van der Waals surface area contributed by atoms with E-state index in [-0.39, 0.29) is 0 Å². The molecular formula is C13H23N3O2. The number of nitrogens with zero attached hydrogens (tertiary/aromatic N) is 3. The maximum absolute atomic E-state index is 9.38. The van der Waals surface area contributed by atoms with E-state index in [2.05, 4.69) is 28.9 Å². The van der Waals surface area contributed by atoms with Crippen molar-refractivity contribution >= 4 is 0 Å². The summed E-state index contributed by atoms with van der Waals surface area (Å²) in [7, 11) is 0. The molecule has 5 nitrogen and oxygen atoms in total. The highest BCUT2D eigenvalue weighted by molar-refractivity contribution is 4.94. The van der Waals surface area contributed by atoms with Crippen LogP contribution in [0.25, 0.3) is 0 Å². The molecule has 0 bridgehead atoms. The van der Waals surface area contributed by atoms with Crippen molar-refractivity contribution < 1.29 is 9.63 Å². The molecule has 18 heavy (non-hydrogen) atoms. The van der Waals surface area contributed by atoms with Gasteiger partial charge in [0.05, 0.1) is 0 Å². The topological polar surface area (TPSA) is 62.4 Å². The lowest BCUT2D eigenvalue weighted by Crippen LogP contribution is -2.45. The minimum Gasteiger partial charge on any atom is -0.384 e. The third-order valence-electron chi connectivity index (χ3n) is 3.60. The lowest BCUT2D eigenvalue weighted by Gasteiger charge is -2.38. The summed E-state index contributed by atoms with van der Waals surface area (Å²) in [4.78, 5) is 6.76. The minimum absolute atomic E-state index is 0.317. The van der Waals surface area contributed by atoms with Crippen LogP contribution in [-0.4, -0.2) is 38.8 Å². The quantitative estimate of drug-likeness (QED) is 0.888. The molecule has 0 amide bonds. The maximum Gasteiger partial charge on any atom is 0.255 e. The van der Waals surface area contributed by atoms with Crippen molar-refractivity contribution in [3.05, 3.63) is 11.7 Å². The summed E-state index contributed by atoms with van der Waals surface area (Å²) in [6.45, 7) is 7.26. The molecule has 0 radical (unpaired) electrons. The maximum atomic E-state index is 9.38. The number of likely N-dealkylation sites (tertiary alicyclic amines) is 1. The highest BCUT2D eigenvalue weighted by Crippen LogP contribution is 2.22. The number of hydrogen-bond donors (Lipinski definition) is 1. The SMILES string of the molecule is CC(O)c1nc(CC2CCCCN2C(C)C)no1. The summed E-state index contributed by atoms with van der Waals surface area (Å²) in [5.41, 5.74) is 0. The van der Waals surface area contributed by atoms with Gasteiger partial charge in [-0.15, -0.1) is 0 Å². The zero-order chi connectivity index (χ0) is 13.1. The molecule has 2 rings (SSSR count). The summed E-state index contributed by atoms with van der Waals surface area (Å²) >= 11 is 0. The van der Waals surface area contributed by atoms with Gasteiger partial charge in [0.25, 0.3) is 5.89 Å². The van der Waals surface area contributed by atoms with E-state index >= 15 is 0 Å². The van der Waals surface area contributed by atoms with E-state index in [1.807, 2.05) is 0 Å². The van der Waals surface area contributed by atoms with Gasteiger partial charge in [-0.2, -0.15) is 4.98 Å². The van der Waals surface area contributed by atoms with Crippen molar-refractivity contribution in [2.75, 3.05) is 6.54 Å². The van der Waals surface area contributed by atoms with E-state index in [1.165, 1.54) is 19.3 Å². The van der Waals surface area contributed by atoms with Gasteiger partial charge in [0.2, 0.25) is 0 Å². The first-order valence-corrected chi connectivity index (χ1v) is 6.84. The molecule has 2 heterocycles. The molecule has 2 atom stereocenters. The Labute approximate surface area is 108 Å². The lowest BCUT2D eigenvalue weighted by molar-refractivity contribution is 0.109. The van der Waals surface area contributed by atoms with Gasteiger partial charge in [-0.3, -0.25) is 4.90 Å². The molecule has 0 aliphatic carbocycles. The monoisotopic (exact) mass is 253 g/mol. The molecule has 5 heteroatoms. The van der Waals surface area contributed by atoms with Crippen molar-refractivity contribution in [2.24, 2.45) is 0 Å². The fraction of sp³-hybridized carbons (Fsp3) is 0.846. The molecule has 0 aromatic carbocycles. The Balaban J connectivity index is 2.01. The van der Waals surface area contributed by atoms with E-state index < -0.39 is 6.10 Å². The largest absolute Gasteiger partial charge is 0.384 e. The number of rotatable bonds is 4. The molecule has 0 saturated carbocycles. The van der Waals surface area contributed by atoms with Crippen molar-refractivity contribution in [3.63, 3.8) is 0 Å². The first-order valence-electron chi connectivity index (χ1n) is 6.84. The lowest BCUT2D eigenvalue weighted by atomic mass is 9.97. The van der Waals surface area contributed by atoms with Crippen LogP contribution in [0.3, 0.4) is 0 Å². The summed E-state index contributed by atoms with van der Waals surface area (Å²) in [5.74, 6) is 1.03. The Kier molecular flexibility index (Phi) is 4.35. The summed E-state index contributed by atoms with van der Waals surface area (Å²) in [5, 5.41) is 13.3. The highest BCUT2D eigenvalue weighted by atomic mass is 16.5. The highest BCUT2D eigenvalue weighted by Gasteiger charge is 2.26. The molecule has 0 spiro atoms. The van der Waals surface area contributed by atoms with Gasteiger partial charge in [-0.05, 0) is 40.2 Å². The number of hydrogen-bond acceptors (Lipinski definition) is 5. The Bertz CT molecular complexity index is 376.